The lowest BCUT2D eigenvalue weighted by atomic mass is 10.1. The van der Waals surface area contributed by atoms with E-state index in [2.05, 4.69) is 31.1 Å². The van der Waals surface area contributed by atoms with Crippen molar-refractivity contribution in [3.05, 3.63) is 56.2 Å². The third kappa shape index (κ3) is 8.12. The van der Waals surface area contributed by atoms with Crippen LogP contribution in [0.2, 0.25) is 10.0 Å². The molecule has 228 valence electrons. The molecule has 2 aromatic heterocycles. The molecule has 1 aliphatic heterocycles. The number of benzene rings is 1. The highest BCUT2D eigenvalue weighted by Crippen LogP contribution is 2.26. The SMILES string of the molecule is CC(C(=O)NC(CC(=O)O)C(=O)Cn1nnnc1Cc1c(Cl)cccc1Cl)N1CCCCC(NC(=O)c2cscn2)C1=O. The van der Waals surface area contributed by atoms with E-state index in [0.717, 1.165) is 0 Å². The maximum absolute atomic E-state index is 13.3. The quantitative estimate of drug-likeness (QED) is 0.260. The number of aliphatic carboxylic acids is 1. The number of hydrogen-bond acceptors (Lipinski definition) is 10. The monoisotopic (exact) mass is 650 g/mol. The number of carboxylic acid groups (broad SMARTS) is 1. The molecule has 1 fully saturated rings. The lowest BCUT2D eigenvalue weighted by Crippen LogP contribution is -2.56. The summed E-state index contributed by atoms with van der Waals surface area (Å²) in [6.07, 6.45) is 0.996. The molecule has 14 nitrogen and oxygen atoms in total. The van der Waals surface area contributed by atoms with Crippen LogP contribution >= 0.6 is 34.5 Å². The van der Waals surface area contributed by atoms with Gasteiger partial charge in [-0.15, -0.1) is 16.4 Å². The fraction of sp³-hybridized carbons (Fsp3) is 0.423. The number of amides is 3. The van der Waals surface area contributed by atoms with Gasteiger partial charge in [-0.1, -0.05) is 29.3 Å². The Balaban J connectivity index is 1.44. The summed E-state index contributed by atoms with van der Waals surface area (Å²) in [5.74, 6) is -3.41. The highest BCUT2D eigenvalue weighted by molar-refractivity contribution is 7.07. The van der Waals surface area contributed by atoms with Gasteiger partial charge in [-0.25, -0.2) is 9.67 Å². The van der Waals surface area contributed by atoms with Gasteiger partial charge in [0.05, 0.1) is 18.0 Å². The van der Waals surface area contributed by atoms with E-state index in [1.165, 1.54) is 33.4 Å². The van der Waals surface area contributed by atoms with Crippen LogP contribution in [-0.4, -0.2) is 89.3 Å². The number of nitrogens with one attached hydrogen (secondary N) is 2. The second kappa shape index (κ2) is 14.5. The summed E-state index contributed by atoms with van der Waals surface area (Å²) in [5, 5.41) is 28.3. The average molecular weight is 652 g/mol. The van der Waals surface area contributed by atoms with Crippen LogP contribution in [0.3, 0.4) is 0 Å². The number of rotatable bonds is 12. The summed E-state index contributed by atoms with van der Waals surface area (Å²) in [7, 11) is 0. The Morgan fingerprint density at radius 3 is 2.60 bits per heavy atom. The predicted molar refractivity (Wildman–Crippen MR) is 155 cm³/mol. The Hall–Kier alpha value is -3.95. The van der Waals surface area contributed by atoms with Gasteiger partial charge in [0.2, 0.25) is 11.8 Å². The third-order valence-corrected chi connectivity index (χ3v) is 8.23. The number of hydrogen-bond donors (Lipinski definition) is 3. The summed E-state index contributed by atoms with van der Waals surface area (Å²) < 4.78 is 1.18. The van der Waals surface area contributed by atoms with Gasteiger partial charge < -0.3 is 20.6 Å². The minimum absolute atomic E-state index is 0.100. The lowest BCUT2D eigenvalue weighted by Gasteiger charge is -2.30. The second-order valence-electron chi connectivity index (χ2n) is 9.86. The van der Waals surface area contributed by atoms with Crippen molar-refractivity contribution in [2.75, 3.05) is 6.54 Å². The summed E-state index contributed by atoms with van der Waals surface area (Å²) >= 11 is 13.7. The first-order valence-electron chi connectivity index (χ1n) is 13.3. The Morgan fingerprint density at radius 1 is 1.19 bits per heavy atom. The molecule has 3 amide bonds. The van der Waals surface area contributed by atoms with Crippen molar-refractivity contribution in [1.82, 2.24) is 40.7 Å². The standard InChI is InChI=1S/C26H28Cl2N8O6S/c1-14(35-8-3-2-7-18(26(35)42)30-25(41)20-12-43-13-29-20)24(40)31-19(10-23(38)39)21(37)11-36-22(32-33-34-36)9-15-16(27)5-4-6-17(15)28/h4-6,12-14,18-19H,2-3,7-11H2,1H3,(H,30,41)(H,31,40)(H,38,39). The van der Waals surface area contributed by atoms with Crippen molar-refractivity contribution in [2.24, 2.45) is 0 Å². The van der Waals surface area contributed by atoms with Crippen LogP contribution in [-0.2, 0) is 32.1 Å². The fourth-order valence-corrected chi connectivity index (χ4v) is 5.65. The molecule has 1 aliphatic rings. The Bertz CT molecular complexity index is 1480. The van der Waals surface area contributed by atoms with Gasteiger partial charge in [-0.3, -0.25) is 24.0 Å². The minimum atomic E-state index is -1.43. The van der Waals surface area contributed by atoms with Gasteiger partial charge in [0.15, 0.2) is 11.6 Å². The number of carboxylic acids is 1. The number of likely N-dealkylation sites (tertiary alicyclic amines) is 1. The molecule has 43 heavy (non-hydrogen) atoms. The van der Waals surface area contributed by atoms with E-state index >= 15 is 0 Å². The first-order chi connectivity index (χ1) is 20.5. The number of Topliss-reactive ketones (excluding diaryl/α,β-unsaturated/α-hetero) is 1. The lowest BCUT2D eigenvalue weighted by molar-refractivity contribution is -0.143. The fourth-order valence-electron chi connectivity index (χ4n) is 4.58. The first-order valence-corrected chi connectivity index (χ1v) is 15.0. The van der Waals surface area contributed by atoms with E-state index in [1.54, 1.807) is 23.6 Å². The molecule has 0 radical (unpaired) electrons. The molecule has 17 heteroatoms. The highest BCUT2D eigenvalue weighted by atomic mass is 35.5. The van der Waals surface area contributed by atoms with Gasteiger partial charge in [-0.2, -0.15) is 0 Å². The van der Waals surface area contributed by atoms with E-state index in [-0.39, 0.29) is 24.5 Å². The maximum Gasteiger partial charge on any atom is 0.305 e. The van der Waals surface area contributed by atoms with Crippen molar-refractivity contribution < 1.29 is 29.1 Å². The molecular formula is C26H28Cl2N8O6S. The molecule has 0 aliphatic carbocycles. The molecule has 1 aromatic carbocycles. The van der Waals surface area contributed by atoms with E-state index in [1.807, 2.05) is 0 Å². The summed E-state index contributed by atoms with van der Waals surface area (Å²) in [6.45, 7) is 1.28. The third-order valence-electron chi connectivity index (χ3n) is 6.93. The molecular weight excluding hydrogens is 623 g/mol. The molecule has 4 rings (SSSR count). The zero-order chi connectivity index (χ0) is 31.1. The normalized spacial score (nSPS) is 16.7. The van der Waals surface area contributed by atoms with Gasteiger partial charge in [-0.05, 0) is 54.3 Å². The van der Waals surface area contributed by atoms with Crippen LogP contribution in [0.15, 0.2) is 29.1 Å². The molecule has 0 spiro atoms. The largest absolute Gasteiger partial charge is 0.481 e. The maximum atomic E-state index is 13.3. The smallest absolute Gasteiger partial charge is 0.305 e. The van der Waals surface area contributed by atoms with Crippen LogP contribution in [0.25, 0.3) is 0 Å². The Morgan fingerprint density at radius 2 is 1.93 bits per heavy atom. The minimum Gasteiger partial charge on any atom is -0.481 e. The molecule has 3 aromatic rings. The number of halogens is 2. The Labute approximate surface area is 259 Å². The molecule has 0 saturated carbocycles. The molecule has 3 atom stereocenters. The Kier molecular flexibility index (Phi) is 10.8. The predicted octanol–water partition coefficient (Wildman–Crippen LogP) is 1.76. The molecule has 3 N–H and O–H groups in total. The van der Waals surface area contributed by atoms with E-state index in [4.69, 9.17) is 23.2 Å². The molecule has 0 bridgehead atoms. The molecule has 3 unspecified atom stereocenters. The van der Waals surface area contributed by atoms with Gasteiger partial charge in [0.1, 0.15) is 24.3 Å². The van der Waals surface area contributed by atoms with Crippen LogP contribution in [0.5, 0.6) is 0 Å². The zero-order valence-corrected chi connectivity index (χ0v) is 25.2. The summed E-state index contributed by atoms with van der Waals surface area (Å²) in [5.41, 5.74) is 2.24. The zero-order valence-electron chi connectivity index (χ0n) is 22.9. The number of aromatic nitrogens is 5. The van der Waals surface area contributed by atoms with Crippen LogP contribution < -0.4 is 10.6 Å². The number of nitrogens with zero attached hydrogens (tertiary/aromatic N) is 6. The first kappa shape index (κ1) is 32.0. The van der Waals surface area contributed by atoms with Crippen LogP contribution in [0.1, 0.15) is 54.5 Å². The van der Waals surface area contributed by atoms with Crippen LogP contribution in [0.4, 0.5) is 0 Å². The van der Waals surface area contributed by atoms with Gasteiger partial charge >= 0.3 is 5.97 Å². The van der Waals surface area contributed by atoms with Crippen LogP contribution in [0, 0.1) is 0 Å². The van der Waals surface area contributed by atoms with Gasteiger partial charge in [0, 0.05) is 28.4 Å². The van der Waals surface area contributed by atoms with E-state index in [0.29, 0.717) is 34.9 Å². The summed E-state index contributed by atoms with van der Waals surface area (Å²) in [4.78, 5) is 69.3. The molecule has 1 saturated heterocycles. The van der Waals surface area contributed by atoms with Crippen molar-refractivity contribution in [1.29, 1.82) is 0 Å². The van der Waals surface area contributed by atoms with Crippen molar-refractivity contribution >= 4 is 64.0 Å². The second-order valence-corrected chi connectivity index (χ2v) is 11.4. The number of carbonyl (C=O) groups excluding carboxylic acids is 4. The van der Waals surface area contributed by atoms with Gasteiger partial charge in [0.25, 0.3) is 5.91 Å². The van der Waals surface area contributed by atoms with E-state index in [9.17, 15) is 29.1 Å². The average Bonchev–Trinajstić information content (AvgIpc) is 3.62. The number of thiazole rings is 1. The number of carbonyl (C=O) groups is 5. The summed E-state index contributed by atoms with van der Waals surface area (Å²) in [6, 6.07) is 1.61. The number of ketones is 1. The van der Waals surface area contributed by atoms with Crippen molar-refractivity contribution in [2.45, 2.75) is 63.7 Å². The molecule has 3 heterocycles. The van der Waals surface area contributed by atoms with E-state index < -0.39 is 60.6 Å². The number of tetrazole rings is 1. The highest BCUT2D eigenvalue weighted by Gasteiger charge is 2.35. The van der Waals surface area contributed by atoms with Crippen molar-refractivity contribution in [3.8, 4) is 0 Å². The topological polar surface area (TPSA) is 189 Å². The van der Waals surface area contributed by atoms with Crippen molar-refractivity contribution in [3.63, 3.8) is 0 Å².